The Morgan fingerprint density at radius 1 is 1.29 bits per heavy atom. The van der Waals surface area contributed by atoms with Crippen LogP contribution in [0.15, 0.2) is 36.5 Å². The number of fused-ring (bicyclic) bond motifs is 1. The quantitative estimate of drug-likeness (QED) is 0.778. The van der Waals surface area contributed by atoms with Gasteiger partial charge in [-0.1, -0.05) is 23.7 Å². The minimum absolute atomic E-state index is 0.454. The van der Waals surface area contributed by atoms with Gasteiger partial charge in [0.1, 0.15) is 11.6 Å². The van der Waals surface area contributed by atoms with Crippen molar-refractivity contribution in [2.75, 3.05) is 24.5 Å². The van der Waals surface area contributed by atoms with Crippen molar-refractivity contribution >= 4 is 28.5 Å². The summed E-state index contributed by atoms with van der Waals surface area (Å²) in [5, 5.41) is 4.08. The van der Waals surface area contributed by atoms with Crippen LogP contribution in [-0.2, 0) is 7.05 Å². The van der Waals surface area contributed by atoms with Gasteiger partial charge in [-0.3, -0.25) is 0 Å². The Hall–Kier alpha value is -2.11. The van der Waals surface area contributed by atoms with Gasteiger partial charge < -0.3 is 14.8 Å². The maximum Gasteiger partial charge on any atom is 0.142 e. The molecular formula is C18H20ClN5. The molecule has 1 aromatic carbocycles. The van der Waals surface area contributed by atoms with Crippen LogP contribution in [0.25, 0.3) is 22.4 Å². The lowest BCUT2D eigenvalue weighted by Crippen LogP contribution is -2.49. The number of aryl methyl sites for hydroxylation is 1. The summed E-state index contributed by atoms with van der Waals surface area (Å²) in [7, 11) is 2.02. The normalized spacial score (nSPS) is 18.3. The molecule has 1 N–H and O–H groups in total. The fourth-order valence-corrected chi connectivity index (χ4v) is 3.49. The zero-order valence-corrected chi connectivity index (χ0v) is 14.6. The van der Waals surface area contributed by atoms with Crippen LogP contribution in [0.5, 0.6) is 0 Å². The Morgan fingerprint density at radius 3 is 2.92 bits per heavy atom. The number of nitrogens with one attached hydrogen (secondary N) is 1. The van der Waals surface area contributed by atoms with Gasteiger partial charge in [-0.2, -0.15) is 0 Å². The highest BCUT2D eigenvalue weighted by molar-refractivity contribution is 6.33. The number of nitrogens with zero attached hydrogens (tertiary/aromatic N) is 4. The van der Waals surface area contributed by atoms with Gasteiger partial charge in [-0.25, -0.2) is 9.97 Å². The van der Waals surface area contributed by atoms with Crippen LogP contribution in [0.4, 0.5) is 5.82 Å². The molecule has 0 saturated carbocycles. The lowest BCUT2D eigenvalue weighted by atomic mass is 10.2. The fraction of sp³-hybridized carbons (Fsp3) is 0.333. The van der Waals surface area contributed by atoms with Gasteiger partial charge in [0.2, 0.25) is 0 Å². The predicted molar refractivity (Wildman–Crippen MR) is 98.6 cm³/mol. The van der Waals surface area contributed by atoms with E-state index < -0.39 is 0 Å². The number of aromatic nitrogens is 3. The molecular weight excluding hydrogens is 322 g/mol. The lowest BCUT2D eigenvalue weighted by molar-refractivity contribution is 0.482. The van der Waals surface area contributed by atoms with Crippen LogP contribution in [0.3, 0.4) is 0 Å². The van der Waals surface area contributed by atoms with E-state index in [2.05, 4.69) is 38.8 Å². The molecule has 1 saturated heterocycles. The molecule has 0 radical (unpaired) electrons. The summed E-state index contributed by atoms with van der Waals surface area (Å²) < 4.78 is 2.08. The molecule has 124 valence electrons. The van der Waals surface area contributed by atoms with E-state index in [9.17, 15) is 0 Å². The average Bonchev–Trinajstić information content (AvgIpc) is 2.92. The smallest absolute Gasteiger partial charge is 0.142 e. The van der Waals surface area contributed by atoms with Crippen molar-refractivity contribution in [2.45, 2.75) is 13.0 Å². The van der Waals surface area contributed by atoms with Crippen LogP contribution in [0.2, 0.25) is 5.02 Å². The fourth-order valence-electron chi connectivity index (χ4n) is 3.30. The Kier molecular flexibility index (Phi) is 3.90. The first-order valence-corrected chi connectivity index (χ1v) is 8.57. The molecule has 0 unspecified atom stereocenters. The highest BCUT2D eigenvalue weighted by Gasteiger charge is 2.20. The van der Waals surface area contributed by atoms with E-state index in [0.29, 0.717) is 11.1 Å². The number of para-hydroxylation sites is 2. The van der Waals surface area contributed by atoms with Crippen molar-refractivity contribution in [1.82, 2.24) is 19.9 Å². The van der Waals surface area contributed by atoms with Crippen LogP contribution >= 0.6 is 11.6 Å². The number of hydrogen-bond donors (Lipinski definition) is 1. The molecule has 1 aliphatic rings. The first-order chi connectivity index (χ1) is 11.6. The third-order valence-electron chi connectivity index (χ3n) is 4.56. The summed E-state index contributed by atoms with van der Waals surface area (Å²) >= 11 is 6.45. The van der Waals surface area contributed by atoms with Gasteiger partial charge in [0.05, 0.1) is 16.1 Å². The standard InChI is InChI=1S/C18H20ClN5/c1-12-11-24(8-7-20-12)17-9-13(14(19)10-21-17)18-22-15-5-3-4-6-16(15)23(18)2/h3-6,9-10,12,20H,7-8,11H2,1-2H3/t12-/m0/s1. The zero-order valence-electron chi connectivity index (χ0n) is 13.8. The second-order valence-corrected chi connectivity index (χ2v) is 6.71. The van der Waals surface area contributed by atoms with Crippen molar-refractivity contribution in [3.8, 4) is 11.4 Å². The molecule has 0 bridgehead atoms. The highest BCUT2D eigenvalue weighted by Crippen LogP contribution is 2.31. The average molecular weight is 342 g/mol. The number of rotatable bonds is 2. The molecule has 0 aliphatic carbocycles. The van der Waals surface area contributed by atoms with Gasteiger partial charge in [0.25, 0.3) is 0 Å². The van der Waals surface area contributed by atoms with Gasteiger partial charge in [-0.05, 0) is 25.1 Å². The van der Waals surface area contributed by atoms with Crippen LogP contribution in [0.1, 0.15) is 6.92 Å². The van der Waals surface area contributed by atoms with Gasteiger partial charge in [-0.15, -0.1) is 0 Å². The van der Waals surface area contributed by atoms with Crippen molar-refractivity contribution in [3.63, 3.8) is 0 Å². The van der Waals surface area contributed by atoms with Crippen molar-refractivity contribution < 1.29 is 0 Å². The van der Waals surface area contributed by atoms with Crippen LogP contribution < -0.4 is 10.2 Å². The second-order valence-electron chi connectivity index (χ2n) is 6.31. The first kappa shape index (κ1) is 15.4. The SMILES string of the molecule is C[C@H]1CN(c2cc(-c3nc4ccccc4n3C)c(Cl)cn2)CCN1. The van der Waals surface area contributed by atoms with Crippen molar-refractivity contribution in [3.05, 3.63) is 41.6 Å². The number of halogens is 1. The Balaban J connectivity index is 1.79. The maximum absolute atomic E-state index is 6.45. The van der Waals surface area contributed by atoms with Gasteiger partial charge in [0.15, 0.2) is 0 Å². The van der Waals surface area contributed by atoms with E-state index in [1.165, 1.54) is 0 Å². The van der Waals surface area contributed by atoms with E-state index in [-0.39, 0.29) is 0 Å². The van der Waals surface area contributed by atoms with Crippen LogP contribution in [-0.4, -0.2) is 40.2 Å². The maximum atomic E-state index is 6.45. The molecule has 1 aliphatic heterocycles. The van der Waals surface area contributed by atoms with Crippen molar-refractivity contribution in [2.24, 2.45) is 7.05 Å². The molecule has 24 heavy (non-hydrogen) atoms. The molecule has 5 nitrogen and oxygen atoms in total. The number of piperazine rings is 1. The molecule has 0 amide bonds. The summed E-state index contributed by atoms with van der Waals surface area (Å²) in [5.74, 6) is 1.82. The lowest BCUT2D eigenvalue weighted by Gasteiger charge is -2.33. The Bertz CT molecular complexity index is 888. The monoisotopic (exact) mass is 341 g/mol. The number of hydrogen-bond acceptors (Lipinski definition) is 4. The number of anilines is 1. The molecule has 3 aromatic rings. The minimum Gasteiger partial charge on any atom is -0.354 e. The molecule has 3 heterocycles. The molecule has 6 heteroatoms. The van der Waals surface area contributed by atoms with E-state index in [4.69, 9.17) is 16.6 Å². The molecule has 0 spiro atoms. The molecule has 1 fully saturated rings. The van der Waals surface area contributed by atoms with Crippen LogP contribution in [0, 0.1) is 0 Å². The second kappa shape index (κ2) is 6.07. The van der Waals surface area contributed by atoms with E-state index >= 15 is 0 Å². The third kappa shape index (κ3) is 2.64. The van der Waals surface area contributed by atoms with E-state index in [1.807, 2.05) is 25.2 Å². The van der Waals surface area contributed by atoms with Gasteiger partial charge >= 0.3 is 0 Å². The first-order valence-electron chi connectivity index (χ1n) is 8.19. The predicted octanol–water partition coefficient (Wildman–Crippen LogP) is 3.09. The van der Waals surface area contributed by atoms with E-state index in [0.717, 1.165) is 47.9 Å². The summed E-state index contributed by atoms with van der Waals surface area (Å²) in [4.78, 5) is 11.6. The number of pyridine rings is 1. The molecule has 1 atom stereocenters. The Morgan fingerprint density at radius 2 is 2.12 bits per heavy atom. The van der Waals surface area contributed by atoms with Gasteiger partial charge in [0, 0.05) is 44.5 Å². The molecule has 2 aromatic heterocycles. The summed E-state index contributed by atoms with van der Waals surface area (Å²) in [6.45, 7) is 5.04. The summed E-state index contributed by atoms with van der Waals surface area (Å²) in [6, 6.07) is 10.6. The molecule has 4 rings (SSSR count). The van der Waals surface area contributed by atoms with Crippen molar-refractivity contribution in [1.29, 1.82) is 0 Å². The summed E-state index contributed by atoms with van der Waals surface area (Å²) in [6.07, 6.45) is 1.73. The largest absolute Gasteiger partial charge is 0.354 e. The summed E-state index contributed by atoms with van der Waals surface area (Å²) in [5.41, 5.74) is 2.99. The number of benzene rings is 1. The van der Waals surface area contributed by atoms with E-state index in [1.54, 1.807) is 6.20 Å². The highest BCUT2D eigenvalue weighted by atomic mass is 35.5. The number of imidazole rings is 1. The Labute approximate surface area is 146 Å². The minimum atomic E-state index is 0.454. The third-order valence-corrected chi connectivity index (χ3v) is 4.86. The topological polar surface area (TPSA) is 46.0 Å². The zero-order chi connectivity index (χ0) is 16.7.